The molecule has 1 aromatic carbocycles. The normalized spacial score (nSPS) is 10.3. The second-order valence-corrected chi connectivity index (χ2v) is 5.15. The van der Waals surface area contributed by atoms with Gasteiger partial charge < -0.3 is 9.64 Å². The maximum absolute atomic E-state index is 5.74. The van der Waals surface area contributed by atoms with Crippen molar-refractivity contribution in [2.24, 2.45) is 0 Å². The van der Waals surface area contributed by atoms with Gasteiger partial charge in [-0.15, -0.1) is 10.2 Å². The summed E-state index contributed by atoms with van der Waals surface area (Å²) in [5.74, 6) is 0.848. The molecule has 2 aromatic rings. The molecule has 0 radical (unpaired) electrons. The number of rotatable bonds is 4. The Morgan fingerprint density at radius 1 is 1.29 bits per heavy atom. The lowest BCUT2D eigenvalue weighted by molar-refractivity contribution is 0.415. The number of hydrogen-bond donors (Lipinski definition) is 0. The van der Waals surface area contributed by atoms with Crippen molar-refractivity contribution in [2.75, 3.05) is 19.1 Å². The van der Waals surface area contributed by atoms with Gasteiger partial charge >= 0.3 is 0 Å². The van der Waals surface area contributed by atoms with Gasteiger partial charge in [0.25, 0.3) is 0 Å². The molecule has 6 heteroatoms. The molecule has 0 N–H and O–H groups in total. The SMILES string of the molecule is COc1ccc(N(C)Cc2nnc(Cl)s2)cc1. The summed E-state index contributed by atoms with van der Waals surface area (Å²) < 4.78 is 5.59. The summed E-state index contributed by atoms with van der Waals surface area (Å²) in [6.07, 6.45) is 0. The largest absolute Gasteiger partial charge is 0.497 e. The van der Waals surface area contributed by atoms with Gasteiger partial charge in [-0.2, -0.15) is 0 Å². The molecule has 0 spiro atoms. The molecule has 0 bridgehead atoms. The number of aromatic nitrogens is 2. The first-order valence-corrected chi connectivity index (χ1v) is 6.21. The zero-order chi connectivity index (χ0) is 12.3. The Kier molecular flexibility index (Phi) is 3.81. The Morgan fingerprint density at radius 3 is 2.53 bits per heavy atom. The van der Waals surface area contributed by atoms with Gasteiger partial charge in [0.2, 0.25) is 4.47 Å². The molecule has 0 aliphatic carbocycles. The maximum atomic E-state index is 5.74. The third kappa shape index (κ3) is 3.08. The molecule has 0 unspecified atom stereocenters. The Balaban J connectivity index is 2.06. The summed E-state index contributed by atoms with van der Waals surface area (Å²) in [6, 6.07) is 7.86. The Labute approximate surface area is 109 Å². The Morgan fingerprint density at radius 2 is 2.00 bits per heavy atom. The van der Waals surface area contributed by atoms with Crippen LogP contribution in [0.5, 0.6) is 5.75 Å². The van der Waals surface area contributed by atoms with E-state index < -0.39 is 0 Å². The van der Waals surface area contributed by atoms with E-state index >= 15 is 0 Å². The summed E-state index contributed by atoms with van der Waals surface area (Å²) in [4.78, 5) is 2.08. The molecule has 0 atom stereocenters. The van der Waals surface area contributed by atoms with E-state index in [4.69, 9.17) is 16.3 Å². The van der Waals surface area contributed by atoms with Gasteiger partial charge in [0.05, 0.1) is 13.7 Å². The highest BCUT2D eigenvalue weighted by molar-refractivity contribution is 7.15. The van der Waals surface area contributed by atoms with E-state index in [9.17, 15) is 0 Å². The standard InChI is InChI=1S/C11H12ClN3OS/c1-15(7-10-13-14-11(12)17-10)8-3-5-9(16-2)6-4-8/h3-6H,7H2,1-2H3. The van der Waals surface area contributed by atoms with Crippen LogP contribution in [0.15, 0.2) is 24.3 Å². The summed E-state index contributed by atoms with van der Waals surface area (Å²) in [5, 5.41) is 8.66. The number of methoxy groups -OCH3 is 1. The molecule has 0 saturated heterocycles. The van der Waals surface area contributed by atoms with E-state index in [1.807, 2.05) is 31.3 Å². The van der Waals surface area contributed by atoms with Crippen molar-refractivity contribution in [3.8, 4) is 5.75 Å². The average molecular weight is 270 g/mol. The molecule has 1 aromatic heterocycles. The van der Waals surface area contributed by atoms with Crippen LogP contribution in [0.25, 0.3) is 0 Å². The number of benzene rings is 1. The topological polar surface area (TPSA) is 38.2 Å². The summed E-state index contributed by atoms with van der Waals surface area (Å²) in [7, 11) is 3.65. The molecule has 0 amide bonds. The third-order valence-electron chi connectivity index (χ3n) is 2.33. The van der Waals surface area contributed by atoms with Crippen molar-refractivity contribution < 1.29 is 4.74 Å². The molecule has 1 heterocycles. The van der Waals surface area contributed by atoms with E-state index in [0.717, 1.165) is 16.4 Å². The summed E-state index contributed by atoms with van der Waals surface area (Å²) in [5.41, 5.74) is 1.09. The van der Waals surface area contributed by atoms with Gasteiger partial charge in [0.1, 0.15) is 10.8 Å². The van der Waals surface area contributed by atoms with Crippen LogP contribution in [0.3, 0.4) is 0 Å². The van der Waals surface area contributed by atoms with E-state index in [1.165, 1.54) is 11.3 Å². The predicted octanol–water partition coefficient (Wildman–Crippen LogP) is 2.84. The Bertz CT molecular complexity index is 486. The lowest BCUT2D eigenvalue weighted by Gasteiger charge is -2.17. The molecule has 2 rings (SSSR count). The van der Waals surface area contributed by atoms with Crippen molar-refractivity contribution in [1.82, 2.24) is 10.2 Å². The van der Waals surface area contributed by atoms with Crippen LogP contribution < -0.4 is 9.64 Å². The lowest BCUT2D eigenvalue weighted by Crippen LogP contribution is -2.16. The third-order valence-corrected chi connectivity index (χ3v) is 3.33. The van der Waals surface area contributed by atoms with E-state index in [1.54, 1.807) is 7.11 Å². The first kappa shape index (κ1) is 12.1. The number of halogens is 1. The van der Waals surface area contributed by atoms with Crippen molar-refractivity contribution in [2.45, 2.75) is 6.54 Å². The molecule has 90 valence electrons. The minimum absolute atomic E-state index is 0.475. The van der Waals surface area contributed by atoms with Crippen LogP contribution in [0.1, 0.15) is 5.01 Å². The van der Waals surface area contributed by atoms with Crippen LogP contribution in [0.2, 0.25) is 4.47 Å². The molecule has 17 heavy (non-hydrogen) atoms. The summed E-state index contributed by atoms with van der Waals surface area (Å²) in [6.45, 7) is 0.691. The van der Waals surface area contributed by atoms with Crippen LogP contribution in [-0.2, 0) is 6.54 Å². The van der Waals surface area contributed by atoms with Crippen LogP contribution >= 0.6 is 22.9 Å². The monoisotopic (exact) mass is 269 g/mol. The molecule has 0 aliphatic rings. The van der Waals surface area contributed by atoms with Gasteiger partial charge in [-0.1, -0.05) is 11.3 Å². The fourth-order valence-electron chi connectivity index (χ4n) is 1.43. The molecule has 0 saturated carbocycles. The smallest absolute Gasteiger partial charge is 0.207 e. The van der Waals surface area contributed by atoms with Crippen molar-refractivity contribution in [3.63, 3.8) is 0 Å². The van der Waals surface area contributed by atoms with Crippen molar-refractivity contribution in [3.05, 3.63) is 33.7 Å². The molecule has 4 nitrogen and oxygen atoms in total. The number of anilines is 1. The minimum Gasteiger partial charge on any atom is -0.497 e. The predicted molar refractivity (Wildman–Crippen MR) is 70.0 cm³/mol. The molecular formula is C11H12ClN3OS. The first-order chi connectivity index (χ1) is 8.19. The quantitative estimate of drug-likeness (QED) is 0.856. The first-order valence-electron chi connectivity index (χ1n) is 5.02. The average Bonchev–Trinajstić information content (AvgIpc) is 2.75. The van der Waals surface area contributed by atoms with Crippen LogP contribution in [0, 0.1) is 0 Å². The van der Waals surface area contributed by atoms with Crippen molar-refractivity contribution in [1.29, 1.82) is 0 Å². The Hall–Kier alpha value is -1.33. The molecule has 0 aliphatic heterocycles. The van der Waals surface area contributed by atoms with Crippen LogP contribution in [0.4, 0.5) is 5.69 Å². The van der Waals surface area contributed by atoms with E-state index in [-0.39, 0.29) is 0 Å². The van der Waals surface area contributed by atoms with Gasteiger partial charge in [-0.05, 0) is 35.9 Å². The highest BCUT2D eigenvalue weighted by atomic mass is 35.5. The number of nitrogens with zero attached hydrogens (tertiary/aromatic N) is 3. The highest BCUT2D eigenvalue weighted by Crippen LogP contribution is 2.21. The zero-order valence-corrected chi connectivity index (χ0v) is 11.1. The zero-order valence-electron chi connectivity index (χ0n) is 9.55. The second-order valence-electron chi connectivity index (χ2n) is 3.50. The van der Waals surface area contributed by atoms with E-state index in [2.05, 4.69) is 15.1 Å². The number of ether oxygens (including phenoxy) is 1. The fourth-order valence-corrected chi connectivity index (χ4v) is 2.35. The van der Waals surface area contributed by atoms with Crippen LogP contribution in [-0.4, -0.2) is 24.4 Å². The van der Waals surface area contributed by atoms with Crippen molar-refractivity contribution >= 4 is 28.6 Å². The maximum Gasteiger partial charge on any atom is 0.207 e. The van der Waals surface area contributed by atoms with E-state index in [0.29, 0.717) is 11.0 Å². The molecule has 0 fully saturated rings. The second kappa shape index (κ2) is 5.33. The van der Waals surface area contributed by atoms with Gasteiger partial charge in [-0.25, -0.2) is 0 Å². The highest BCUT2D eigenvalue weighted by Gasteiger charge is 2.06. The van der Waals surface area contributed by atoms with Gasteiger partial charge in [-0.3, -0.25) is 0 Å². The fraction of sp³-hybridized carbons (Fsp3) is 0.273. The number of hydrogen-bond acceptors (Lipinski definition) is 5. The summed E-state index contributed by atoms with van der Waals surface area (Å²) >= 11 is 7.13. The minimum atomic E-state index is 0.475. The molecular weight excluding hydrogens is 258 g/mol. The van der Waals surface area contributed by atoms with Gasteiger partial charge in [0, 0.05) is 12.7 Å². The lowest BCUT2D eigenvalue weighted by atomic mass is 10.3. The van der Waals surface area contributed by atoms with Gasteiger partial charge in [0.15, 0.2) is 0 Å².